The van der Waals surface area contributed by atoms with Gasteiger partial charge in [0, 0.05) is 6.04 Å². The molecule has 0 N–H and O–H groups in total. The van der Waals surface area contributed by atoms with Gasteiger partial charge in [0.25, 0.3) is 0 Å². The van der Waals surface area contributed by atoms with E-state index in [1.54, 1.807) is 0 Å². The van der Waals surface area contributed by atoms with Crippen LogP contribution in [0.4, 0.5) is 4.79 Å². The monoisotopic (exact) mass is 209 g/mol. The third-order valence-electron chi connectivity index (χ3n) is 3.33. The van der Waals surface area contributed by atoms with E-state index in [9.17, 15) is 4.79 Å². The average molecular weight is 209 g/mol. The molecule has 1 aliphatic heterocycles. The van der Waals surface area contributed by atoms with Gasteiger partial charge in [0.05, 0.1) is 6.54 Å². The molecule has 2 rings (SSSR count). The van der Waals surface area contributed by atoms with Gasteiger partial charge in [-0.15, -0.1) is 0 Å². The van der Waals surface area contributed by atoms with Crippen molar-refractivity contribution in [2.45, 2.75) is 51.0 Å². The van der Waals surface area contributed by atoms with Crippen molar-refractivity contribution < 1.29 is 9.53 Å². The van der Waals surface area contributed by atoms with Gasteiger partial charge >= 0.3 is 6.09 Å². The third-order valence-corrected chi connectivity index (χ3v) is 3.33. The van der Waals surface area contributed by atoms with Crippen LogP contribution in [0.1, 0.15) is 44.9 Å². The van der Waals surface area contributed by atoms with Crippen molar-refractivity contribution in [1.82, 2.24) is 4.90 Å². The zero-order valence-corrected chi connectivity index (χ0v) is 9.21. The first-order valence-corrected chi connectivity index (χ1v) is 5.93. The van der Waals surface area contributed by atoms with Gasteiger partial charge in [-0.05, 0) is 12.8 Å². The van der Waals surface area contributed by atoms with Crippen LogP contribution in [0.5, 0.6) is 0 Å². The lowest BCUT2D eigenvalue weighted by Crippen LogP contribution is -2.36. The minimum atomic E-state index is -0.189. The van der Waals surface area contributed by atoms with E-state index in [1.165, 1.54) is 32.1 Å². The maximum atomic E-state index is 11.5. The molecular formula is C12H19NO2. The highest BCUT2D eigenvalue weighted by Gasteiger charge is 2.31. The first kappa shape index (κ1) is 10.5. The molecule has 1 heterocycles. The number of nitrogens with zero attached hydrogens (tertiary/aromatic N) is 1. The topological polar surface area (TPSA) is 29.5 Å². The Labute approximate surface area is 91.1 Å². The summed E-state index contributed by atoms with van der Waals surface area (Å²) in [4.78, 5) is 13.4. The molecule has 2 aliphatic rings. The van der Waals surface area contributed by atoms with Crippen molar-refractivity contribution in [2.75, 3.05) is 6.54 Å². The molecule has 15 heavy (non-hydrogen) atoms. The van der Waals surface area contributed by atoms with Crippen LogP contribution in [0.2, 0.25) is 0 Å². The lowest BCUT2D eigenvalue weighted by molar-refractivity contribution is 0.147. The molecule has 2 fully saturated rings. The summed E-state index contributed by atoms with van der Waals surface area (Å²) < 4.78 is 4.99. The van der Waals surface area contributed by atoms with E-state index >= 15 is 0 Å². The summed E-state index contributed by atoms with van der Waals surface area (Å²) in [7, 11) is 0. The summed E-state index contributed by atoms with van der Waals surface area (Å²) >= 11 is 0. The van der Waals surface area contributed by atoms with E-state index in [-0.39, 0.29) is 6.09 Å². The number of cyclic esters (lactones) is 1. The molecule has 3 heteroatoms. The second-order valence-corrected chi connectivity index (χ2v) is 4.53. The predicted molar refractivity (Wildman–Crippen MR) is 58.4 cm³/mol. The zero-order valence-electron chi connectivity index (χ0n) is 9.21. The van der Waals surface area contributed by atoms with Crippen LogP contribution in [-0.4, -0.2) is 23.6 Å². The van der Waals surface area contributed by atoms with Gasteiger partial charge in [0.15, 0.2) is 0 Å². The number of carbonyl (C=O) groups is 1. The normalized spacial score (nSPS) is 24.9. The molecule has 0 aromatic rings. The van der Waals surface area contributed by atoms with E-state index in [2.05, 4.69) is 6.58 Å². The molecule has 0 bridgehead atoms. The molecule has 0 radical (unpaired) electrons. The Balaban J connectivity index is 1.95. The lowest BCUT2D eigenvalue weighted by atomic mass is 9.96. The number of ether oxygens (including phenoxy) is 1. The molecule has 84 valence electrons. The van der Waals surface area contributed by atoms with Gasteiger partial charge in [-0.2, -0.15) is 0 Å². The third kappa shape index (κ3) is 2.52. The van der Waals surface area contributed by atoms with E-state index in [4.69, 9.17) is 4.74 Å². The molecule has 3 nitrogen and oxygen atoms in total. The number of hydrogen-bond acceptors (Lipinski definition) is 2. The van der Waals surface area contributed by atoms with Crippen molar-refractivity contribution >= 4 is 6.09 Å². The van der Waals surface area contributed by atoms with E-state index < -0.39 is 0 Å². The summed E-state index contributed by atoms with van der Waals surface area (Å²) in [6.45, 7) is 4.31. The van der Waals surface area contributed by atoms with Crippen LogP contribution < -0.4 is 0 Å². The Morgan fingerprint density at radius 1 is 1.13 bits per heavy atom. The molecular weight excluding hydrogens is 190 g/mol. The fourth-order valence-electron chi connectivity index (χ4n) is 2.49. The zero-order chi connectivity index (χ0) is 10.7. The smallest absolute Gasteiger partial charge is 0.413 e. The first-order valence-electron chi connectivity index (χ1n) is 5.93. The number of amides is 1. The standard InChI is InChI=1S/C12H19NO2/c1-10-9-13(12(14)15-10)11-7-5-3-2-4-6-8-11/h11H,1-9H2. The molecule has 1 saturated carbocycles. The van der Waals surface area contributed by atoms with Crippen LogP contribution >= 0.6 is 0 Å². The highest BCUT2D eigenvalue weighted by molar-refractivity contribution is 5.72. The van der Waals surface area contributed by atoms with Gasteiger partial charge in [0.1, 0.15) is 5.76 Å². The summed E-state index contributed by atoms with van der Waals surface area (Å²) in [6.07, 6.45) is 8.50. The minimum Gasteiger partial charge on any atom is -0.413 e. The van der Waals surface area contributed by atoms with E-state index in [0.717, 1.165) is 12.8 Å². The molecule has 1 amide bonds. The molecule has 0 aromatic heterocycles. The van der Waals surface area contributed by atoms with E-state index in [0.29, 0.717) is 18.3 Å². The molecule has 0 atom stereocenters. The summed E-state index contributed by atoms with van der Waals surface area (Å²) in [5, 5.41) is 0. The summed E-state index contributed by atoms with van der Waals surface area (Å²) in [5.74, 6) is 0.599. The summed E-state index contributed by atoms with van der Waals surface area (Å²) in [5.41, 5.74) is 0. The average Bonchev–Trinajstić information content (AvgIpc) is 2.45. The highest BCUT2D eigenvalue weighted by Crippen LogP contribution is 2.25. The van der Waals surface area contributed by atoms with Crippen LogP contribution in [-0.2, 0) is 4.74 Å². The SMILES string of the molecule is C=C1CN(C2CCCCCCC2)C(=O)O1. The van der Waals surface area contributed by atoms with Gasteiger partial charge in [-0.25, -0.2) is 4.79 Å². The Bertz CT molecular complexity index is 254. The molecule has 0 unspecified atom stereocenters. The Hall–Kier alpha value is -0.990. The summed E-state index contributed by atoms with van der Waals surface area (Å²) in [6, 6.07) is 0.386. The Morgan fingerprint density at radius 2 is 1.73 bits per heavy atom. The maximum absolute atomic E-state index is 11.5. The van der Waals surface area contributed by atoms with E-state index in [1.807, 2.05) is 4.90 Å². The van der Waals surface area contributed by atoms with Crippen LogP contribution in [0.25, 0.3) is 0 Å². The van der Waals surface area contributed by atoms with Crippen LogP contribution in [0, 0.1) is 0 Å². The quantitative estimate of drug-likeness (QED) is 0.664. The van der Waals surface area contributed by atoms with Gasteiger partial charge in [0.2, 0.25) is 0 Å². The van der Waals surface area contributed by atoms with Gasteiger partial charge in [-0.1, -0.05) is 38.7 Å². The molecule has 1 aliphatic carbocycles. The fraction of sp³-hybridized carbons (Fsp3) is 0.750. The predicted octanol–water partition coefficient (Wildman–Crippen LogP) is 3.07. The van der Waals surface area contributed by atoms with Gasteiger partial charge in [-0.3, -0.25) is 4.90 Å². The molecule has 0 spiro atoms. The number of carbonyl (C=O) groups excluding carboxylic acids is 1. The lowest BCUT2D eigenvalue weighted by Gasteiger charge is -2.26. The second-order valence-electron chi connectivity index (χ2n) is 4.53. The van der Waals surface area contributed by atoms with Crippen molar-refractivity contribution in [2.24, 2.45) is 0 Å². The minimum absolute atomic E-state index is 0.189. The molecule has 1 saturated heterocycles. The van der Waals surface area contributed by atoms with Crippen molar-refractivity contribution in [1.29, 1.82) is 0 Å². The number of hydrogen-bond donors (Lipinski definition) is 0. The first-order chi connectivity index (χ1) is 7.27. The Kier molecular flexibility index (Phi) is 3.29. The van der Waals surface area contributed by atoms with Crippen molar-refractivity contribution in [3.8, 4) is 0 Å². The van der Waals surface area contributed by atoms with Crippen LogP contribution in [0.3, 0.4) is 0 Å². The Morgan fingerprint density at radius 3 is 2.27 bits per heavy atom. The van der Waals surface area contributed by atoms with Crippen molar-refractivity contribution in [3.05, 3.63) is 12.3 Å². The maximum Gasteiger partial charge on any atom is 0.415 e. The largest absolute Gasteiger partial charge is 0.415 e. The highest BCUT2D eigenvalue weighted by atomic mass is 16.6. The second kappa shape index (κ2) is 4.69. The van der Waals surface area contributed by atoms with Crippen LogP contribution in [0.15, 0.2) is 12.3 Å². The number of rotatable bonds is 1. The van der Waals surface area contributed by atoms with Gasteiger partial charge < -0.3 is 4.74 Å². The molecule has 0 aromatic carbocycles. The van der Waals surface area contributed by atoms with Crippen molar-refractivity contribution in [3.63, 3.8) is 0 Å². The fourth-order valence-corrected chi connectivity index (χ4v) is 2.49.